The first-order chi connectivity index (χ1) is 15.6. The van der Waals surface area contributed by atoms with Gasteiger partial charge in [0, 0.05) is 24.7 Å². The fourth-order valence-electron chi connectivity index (χ4n) is 5.82. The van der Waals surface area contributed by atoms with Gasteiger partial charge in [0.1, 0.15) is 17.0 Å². The summed E-state index contributed by atoms with van der Waals surface area (Å²) in [5.41, 5.74) is 0.905. The van der Waals surface area contributed by atoms with E-state index in [0.29, 0.717) is 24.2 Å². The third-order valence-electron chi connectivity index (χ3n) is 7.70. The summed E-state index contributed by atoms with van der Waals surface area (Å²) in [6.45, 7) is 3.06. The molecule has 0 spiro atoms. The zero-order valence-corrected chi connectivity index (χ0v) is 18.7. The Morgan fingerprint density at radius 1 is 1.31 bits per heavy atom. The van der Waals surface area contributed by atoms with Gasteiger partial charge in [-0.1, -0.05) is 36.3 Å². The molecule has 32 heavy (non-hydrogen) atoms. The molecule has 172 valence electrons. The average molecular weight is 440 g/mol. The number of para-hydroxylation sites is 1. The Morgan fingerprint density at radius 3 is 2.88 bits per heavy atom. The maximum atomic E-state index is 13.0. The van der Waals surface area contributed by atoms with Gasteiger partial charge in [0.05, 0.1) is 25.8 Å². The van der Waals surface area contributed by atoms with Crippen molar-refractivity contribution in [3.63, 3.8) is 0 Å². The smallest absolute Gasteiger partial charge is 0.224 e. The molecule has 4 heterocycles. The van der Waals surface area contributed by atoms with Crippen LogP contribution in [-0.4, -0.2) is 57.1 Å². The van der Waals surface area contributed by atoms with Gasteiger partial charge in [-0.05, 0) is 44.2 Å². The molecule has 0 radical (unpaired) electrons. The number of nitrogens with zero attached hydrogens (tertiary/aromatic N) is 4. The van der Waals surface area contributed by atoms with Crippen LogP contribution in [0.15, 0.2) is 30.5 Å². The van der Waals surface area contributed by atoms with Crippen molar-refractivity contribution in [2.24, 2.45) is 11.8 Å². The summed E-state index contributed by atoms with van der Waals surface area (Å²) in [4.78, 5) is 15.4. The number of hydrogen-bond acceptors (Lipinski definition) is 6. The molecular formula is C24H33N5O3. The Kier molecular flexibility index (Phi) is 5.90. The number of methoxy groups -OCH3 is 1. The molecule has 8 heteroatoms. The van der Waals surface area contributed by atoms with Crippen molar-refractivity contribution in [2.45, 2.75) is 63.3 Å². The van der Waals surface area contributed by atoms with Gasteiger partial charge in [0.15, 0.2) is 0 Å². The summed E-state index contributed by atoms with van der Waals surface area (Å²) in [5.74, 6) is 1.36. The number of benzene rings is 1. The first-order valence-electron chi connectivity index (χ1n) is 11.8. The Balaban J connectivity index is 1.18. The number of amides is 1. The minimum absolute atomic E-state index is 0.0280. The largest absolute Gasteiger partial charge is 0.496 e. The van der Waals surface area contributed by atoms with Crippen LogP contribution in [0, 0.1) is 11.8 Å². The standard InChI is InChI=1S/C24H33N5O3/c1-32-21-7-3-2-6-18(21)13-25-23(30)20-15-28-11-8-17(20)12-19(28)14-29-16-22(26-27-29)24(31)9-4-5-10-24/h2-3,6-7,16-17,19-20,31H,4-5,8-15H2,1H3,(H,25,30)/t17-,19-,20+/m1/s1. The van der Waals surface area contributed by atoms with Gasteiger partial charge >= 0.3 is 0 Å². The quantitative estimate of drug-likeness (QED) is 0.686. The number of ether oxygens (including phenoxy) is 1. The van der Waals surface area contributed by atoms with Crippen LogP contribution < -0.4 is 10.1 Å². The Labute approximate surface area is 188 Å². The van der Waals surface area contributed by atoms with Gasteiger partial charge in [0.25, 0.3) is 0 Å². The minimum atomic E-state index is -0.797. The van der Waals surface area contributed by atoms with Crippen LogP contribution >= 0.6 is 0 Å². The van der Waals surface area contributed by atoms with E-state index in [-0.39, 0.29) is 11.8 Å². The van der Waals surface area contributed by atoms with Gasteiger partial charge in [-0.3, -0.25) is 14.4 Å². The first kappa shape index (κ1) is 21.4. The van der Waals surface area contributed by atoms with Crippen LogP contribution in [0.25, 0.3) is 0 Å². The molecule has 4 aliphatic rings. The zero-order chi connectivity index (χ0) is 22.1. The van der Waals surface area contributed by atoms with E-state index in [4.69, 9.17) is 4.74 Å². The van der Waals surface area contributed by atoms with Crippen LogP contribution in [-0.2, 0) is 23.5 Å². The number of piperidine rings is 3. The first-order valence-corrected chi connectivity index (χ1v) is 11.8. The summed E-state index contributed by atoms with van der Waals surface area (Å²) in [5, 5.41) is 22.5. The number of hydrogen-bond donors (Lipinski definition) is 2. The second kappa shape index (κ2) is 8.83. The molecule has 3 aliphatic heterocycles. The van der Waals surface area contributed by atoms with Gasteiger partial charge in [0.2, 0.25) is 5.91 Å². The van der Waals surface area contributed by atoms with E-state index in [2.05, 4.69) is 20.5 Å². The van der Waals surface area contributed by atoms with Crippen LogP contribution in [0.3, 0.4) is 0 Å². The van der Waals surface area contributed by atoms with Crippen molar-refractivity contribution in [1.29, 1.82) is 0 Å². The Hall–Kier alpha value is -2.45. The lowest BCUT2D eigenvalue weighted by atomic mass is 9.75. The molecule has 1 saturated carbocycles. The van der Waals surface area contributed by atoms with E-state index >= 15 is 0 Å². The number of aromatic nitrogens is 3. The summed E-state index contributed by atoms with van der Waals surface area (Å²) in [6.07, 6.45) is 7.61. The lowest BCUT2D eigenvalue weighted by molar-refractivity contribution is -0.133. The van der Waals surface area contributed by atoms with Crippen molar-refractivity contribution in [1.82, 2.24) is 25.2 Å². The normalized spacial score (nSPS) is 28.6. The van der Waals surface area contributed by atoms with Crippen molar-refractivity contribution in [2.75, 3.05) is 20.2 Å². The van der Waals surface area contributed by atoms with Crippen molar-refractivity contribution in [3.05, 3.63) is 41.7 Å². The van der Waals surface area contributed by atoms with E-state index in [1.165, 1.54) is 0 Å². The lowest BCUT2D eigenvalue weighted by Gasteiger charge is -2.49. The highest BCUT2D eigenvalue weighted by atomic mass is 16.5. The molecule has 6 rings (SSSR count). The highest BCUT2D eigenvalue weighted by Gasteiger charge is 2.43. The number of nitrogens with one attached hydrogen (secondary N) is 1. The second-order valence-electron chi connectivity index (χ2n) is 9.63. The fraction of sp³-hybridized carbons (Fsp3) is 0.625. The molecule has 1 amide bonds. The molecule has 4 fully saturated rings. The molecule has 8 nitrogen and oxygen atoms in total. The van der Waals surface area contributed by atoms with Crippen molar-refractivity contribution >= 4 is 5.91 Å². The molecule has 1 aromatic carbocycles. The second-order valence-corrected chi connectivity index (χ2v) is 9.63. The third kappa shape index (κ3) is 4.13. The molecule has 2 N–H and O–H groups in total. The van der Waals surface area contributed by atoms with E-state index in [1.54, 1.807) is 7.11 Å². The molecule has 4 atom stereocenters. The topological polar surface area (TPSA) is 92.5 Å². The summed E-state index contributed by atoms with van der Waals surface area (Å²) in [7, 11) is 1.65. The SMILES string of the molecule is COc1ccccc1CNC(=O)[C@H]1CN2CC[C@@H]1C[C@@H]2Cn1cc(C2(O)CCCC2)nn1. The average Bonchev–Trinajstić information content (AvgIpc) is 3.48. The Morgan fingerprint density at radius 2 is 2.12 bits per heavy atom. The summed E-state index contributed by atoms with van der Waals surface area (Å²) < 4.78 is 7.28. The maximum absolute atomic E-state index is 13.0. The number of rotatable bonds is 7. The molecule has 3 saturated heterocycles. The predicted molar refractivity (Wildman–Crippen MR) is 119 cm³/mol. The number of fused-ring (bicyclic) bond motifs is 3. The highest BCUT2D eigenvalue weighted by Crippen LogP contribution is 2.39. The van der Waals surface area contributed by atoms with Crippen molar-refractivity contribution in [3.8, 4) is 5.75 Å². The van der Waals surface area contributed by atoms with Gasteiger partial charge in [-0.25, -0.2) is 0 Å². The molecular weight excluding hydrogens is 406 g/mol. The van der Waals surface area contributed by atoms with Gasteiger partial charge in [-0.15, -0.1) is 5.10 Å². The third-order valence-corrected chi connectivity index (χ3v) is 7.70. The molecule has 1 aliphatic carbocycles. The minimum Gasteiger partial charge on any atom is -0.496 e. The number of carbonyl (C=O) groups excluding carboxylic acids is 1. The monoisotopic (exact) mass is 439 g/mol. The van der Waals surface area contributed by atoms with Crippen LogP contribution in [0.5, 0.6) is 5.75 Å². The fourth-order valence-corrected chi connectivity index (χ4v) is 5.82. The maximum Gasteiger partial charge on any atom is 0.224 e. The zero-order valence-electron chi connectivity index (χ0n) is 18.7. The highest BCUT2D eigenvalue weighted by molar-refractivity contribution is 5.79. The number of aliphatic hydroxyl groups is 1. The van der Waals surface area contributed by atoms with Crippen LogP contribution in [0.2, 0.25) is 0 Å². The molecule has 1 aromatic heterocycles. The van der Waals surface area contributed by atoms with Gasteiger partial charge in [-0.2, -0.15) is 0 Å². The van der Waals surface area contributed by atoms with E-state index in [0.717, 1.165) is 69.5 Å². The van der Waals surface area contributed by atoms with E-state index in [9.17, 15) is 9.90 Å². The lowest BCUT2D eigenvalue weighted by Crippen LogP contribution is -2.58. The molecule has 2 aromatic rings. The van der Waals surface area contributed by atoms with Crippen LogP contribution in [0.4, 0.5) is 0 Å². The van der Waals surface area contributed by atoms with Crippen molar-refractivity contribution < 1.29 is 14.6 Å². The van der Waals surface area contributed by atoms with Gasteiger partial charge < -0.3 is 15.2 Å². The Bertz CT molecular complexity index is 955. The summed E-state index contributed by atoms with van der Waals surface area (Å²) in [6, 6.07) is 8.16. The number of carbonyl (C=O) groups is 1. The molecule has 1 unspecified atom stereocenters. The van der Waals surface area contributed by atoms with E-state index < -0.39 is 5.60 Å². The molecule has 2 bridgehead atoms. The van der Waals surface area contributed by atoms with E-state index in [1.807, 2.05) is 35.1 Å². The van der Waals surface area contributed by atoms with Crippen LogP contribution in [0.1, 0.15) is 49.8 Å². The summed E-state index contributed by atoms with van der Waals surface area (Å²) >= 11 is 0. The predicted octanol–water partition coefficient (Wildman–Crippen LogP) is 2.08.